The topological polar surface area (TPSA) is 86.6 Å². The molecule has 0 aromatic rings. The number of carbonyl (C=O) groups excluding carboxylic acids is 1. The van der Waals surface area contributed by atoms with Gasteiger partial charge in [-0.2, -0.15) is 0 Å². The van der Waals surface area contributed by atoms with E-state index in [1.165, 1.54) is 6.92 Å². The fourth-order valence-corrected chi connectivity index (χ4v) is 1.33. The summed E-state index contributed by atoms with van der Waals surface area (Å²) in [7, 11) is 0. The Bertz CT molecular complexity index is 235. The highest BCUT2D eigenvalue weighted by Gasteiger charge is 2.31. The molecule has 0 aromatic heterocycles. The normalized spacial score (nSPS) is 20.7. The Balaban J connectivity index is 2.46. The quantitative estimate of drug-likeness (QED) is 0.584. The first-order valence-electron chi connectivity index (χ1n) is 4.73. The molecule has 0 heterocycles. The number of aliphatic hydroxyl groups is 1. The van der Waals surface area contributed by atoms with Gasteiger partial charge in [-0.15, -0.1) is 0 Å². The van der Waals surface area contributed by atoms with Crippen LogP contribution in [0.5, 0.6) is 0 Å². The second kappa shape index (κ2) is 4.41. The van der Waals surface area contributed by atoms with Crippen LogP contribution in [0.15, 0.2) is 0 Å². The maximum absolute atomic E-state index is 11.4. The molecule has 3 N–H and O–H groups in total. The molecule has 1 fully saturated rings. The minimum Gasteiger partial charge on any atom is -0.480 e. The highest BCUT2D eigenvalue weighted by Crippen LogP contribution is 2.26. The molecule has 1 rings (SSSR count). The first kappa shape index (κ1) is 11.0. The van der Waals surface area contributed by atoms with E-state index in [1.807, 2.05) is 0 Å². The highest BCUT2D eigenvalue weighted by molar-refractivity contribution is 5.85. The van der Waals surface area contributed by atoms with Crippen molar-refractivity contribution < 1.29 is 19.8 Å². The van der Waals surface area contributed by atoms with Crippen molar-refractivity contribution in [3.05, 3.63) is 0 Å². The van der Waals surface area contributed by atoms with E-state index in [-0.39, 0.29) is 11.8 Å². The highest BCUT2D eigenvalue weighted by atomic mass is 16.4. The van der Waals surface area contributed by atoms with E-state index in [9.17, 15) is 9.59 Å². The van der Waals surface area contributed by atoms with E-state index in [0.717, 1.165) is 19.3 Å². The molecule has 5 nitrogen and oxygen atoms in total. The monoisotopic (exact) mass is 201 g/mol. The summed E-state index contributed by atoms with van der Waals surface area (Å²) in [5.74, 6) is -1.52. The lowest BCUT2D eigenvalue weighted by molar-refractivity contribution is -0.146. The van der Waals surface area contributed by atoms with Crippen LogP contribution in [0.25, 0.3) is 0 Å². The van der Waals surface area contributed by atoms with Gasteiger partial charge in [-0.05, 0) is 19.8 Å². The smallest absolute Gasteiger partial charge is 0.328 e. The van der Waals surface area contributed by atoms with Crippen LogP contribution in [0.1, 0.15) is 26.2 Å². The molecule has 80 valence electrons. The summed E-state index contributed by atoms with van der Waals surface area (Å²) < 4.78 is 0. The summed E-state index contributed by atoms with van der Waals surface area (Å²) in [5.41, 5.74) is 0. The molecule has 1 aliphatic rings. The number of hydrogen-bond donors (Lipinski definition) is 3. The standard InChI is InChI=1S/C9H15NO4/c1-5(11)7(9(13)14)10-8(12)6-3-2-4-6/h5-7,11H,2-4H2,1H3,(H,10,12)(H,13,14). The minimum absolute atomic E-state index is 0.0596. The Morgan fingerprint density at radius 1 is 1.43 bits per heavy atom. The average Bonchev–Trinajstić information content (AvgIpc) is 1.95. The van der Waals surface area contributed by atoms with Crippen molar-refractivity contribution in [3.63, 3.8) is 0 Å². The third kappa shape index (κ3) is 2.45. The molecule has 5 heteroatoms. The Hall–Kier alpha value is -1.10. The van der Waals surface area contributed by atoms with Crippen molar-refractivity contribution in [3.8, 4) is 0 Å². The number of aliphatic carboxylic acids is 1. The summed E-state index contributed by atoms with van der Waals surface area (Å²) in [6, 6.07) is -1.19. The van der Waals surface area contributed by atoms with Gasteiger partial charge in [-0.3, -0.25) is 4.79 Å². The molecule has 0 bridgehead atoms. The zero-order valence-electron chi connectivity index (χ0n) is 8.06. The minimum atomic E-state index is -1.20. The van der Waals surface area contributed by atoms with Crippen molar-refractivity contribution in [2.24, 2.45) is 5.92 Å². The van der Waals surface area contributed by atoms with Gasteiger partial charge >= 0.3 is 5.97 Å². The van der Waals surface area contributed by atoms with Crippen LogP contribution < -0.4 is 5.32 Å². The molecular weight excluding hydrogens is 186 g/mol. The summed E-state index contributed by atoms with van der Waals surface area (Å²) in [6.45, 7) is 1.35. The van der Waals surface area contributed by atoms with Crippen molar-refractivity contribution in [2.45, 2.75) is 38.3 Å². The molecular formula is C9H15NO4. The molecule has 2 atom stereocenters. The Labute approximate surface area is 82.1 Å². The number of carboxylic acid groups (broad SMARTS) is 1. The van der Waals surface area contributed by atoms with Crippen LogP contribution >= 0.6 is 0 Å². The van der Waals surface area contributed by atoms with E-state index in [4.69, 9.17) is 10.2 Å². The summed E-state index contributed by atoms with van der Waals surface area (Å²) in [4.78, 5) is 22.0. The van der Waals surface area contributed by atoms with E-state index < -0.39 is 18.1 Å². The molecule has 14 heavy (non-hydrogen) atoms. The van der Waals surface area contributed by atoms with Crippen molar-refractivity contribution in [1.82, 2.24) is 5.32 Å². The molecule has 1 saturated carbocycles. The largest absolute Gasteiger partial charge is 0.480 e. The fraction of sp³-hybridized carbons (Fsp3) is 0.778. The van der Waals surface area contributed by atoms with Crippen LogP contribution in [0.3, 0.4) is 0 Å². The number of rotatable bonds is 4. The first-order valence-corrected chi connectivity index (χ1v) is 4.73. The van der Waals surface area contributed by atoms with E-state index in [0.29, 0.717) is 0 Å². The summed E-state index contributed by atoms with van der Waals surface area (Å²) in [6.07, 6.45) is 1.58. The molecule has 0 saturated heterocycles. The zero-order chi connectivity index (χ0) is 10.7. The SMILES string of the molecule is CC(O)C(NC(=O)C1CCC1)C(=O)O. The third-order valence-electron chi connectivity index (χ3n) is 2.52. The van der Waals surface area contributed by atoms with Gasteiger partial charge < -0.3 is 15.5 Å². The molecule has 0 radical (unpaired) electrons. The molecule has 0 aromatic carbocycles. The maximum atomic E-state index is 11.4. The second-order valence-electron chi connectivity index (χ2n) is 3.69. The summed E-state index contributed by atoms with van der Waals surface area (Å²) in [5, 5.41) is 20.1. The van der Waals surface area contributed by atoms with Crippen molar-refractivity contribution >= 4 is 11.9 Å². The van der Waals surface area contributed by atoms with Crippen LogP contribution in [-0.2, 0) is 9.59 Å². The molecule has 2 unspecified atom stereocenters. The van der Waals surface area contributed by atoms with Gasteiger partial charge in [0, 0.05) is 5.92 Å². The van der Waals surface area contributed by atoms with E-state index in [1.54, 1.807) is 0 Å². The summed E-state index contributed by atoms with van der Waals surface area (Å²) >= 11 is 0. The second-order valence-corrected chi connectivity index (χ2v) is 3.69. The number of carbonyl (C=O) groups is 2. The van der Waals surface area contributed by atoms with Crippen molar-refractivity contribution in [2.75, 3.05) is 0 Å². The van der Waals surface area contributed by atoms with Crippen LogP contribution in [-0.4, -0.2) is 34.2 Å². The number of carboxylic acids is 1. The number of nitrogens with one attached hydrogen (secondary N) is 1. The van der Waals surface area contributed by atoms with Gasteiger partial charge in [0.2, 0.25) is 5.91 Å². The maximum Gasteiger partial charge on any atom is 0.328 e. The Kier molecular flexibility index (Phi) is 3.46. The van der Waals surface area contributed by atoms with Gasteiger partial charge in [-0.1, -0.05) is 6.42 Å². The van der Waals surface area contributed by atoms with Gasteiger partial charge in [0.15, 0.2) is 6.04 Å². The van der Waals surface area contributed by atoms with Gasteiger partial charge in [0.05, 0.1) is 6.10 Å². The first-order chi connectivity index (χ1) is 6.52. The lowest BCUT2D eigenvalue weighted by Crippen LogP contribution is -2.50. The predicted octanol–water partition coefficient (Wildman–Crippen LogP) is -0.263. The number of hydrogen-bond acceptors (Lipinski definition) is 3. The van der Waals surface area contributed by atoms with E-state index in [2.05, 4.69) is 5.32 Å². The molecule has 0 aliphatic heterocycles. The zero-order valence-corrected chi connectivity index (χ0v) is 8.06. The average molecular weight is 201 g/mol. The molecule has 0 spiro atoms. The van der Waals surface area contributed by atoms with E-state index >= 15 is 0 Å². The Morgan fingerprint density at radius 2 is 2.00 bits per heavy atom. The van der Waals surface area contributed by atoms with Gasteiger partial charge in [0.1, 0.15) is 0 Å². The predicted molar refractivity (Wildman–Crippen MR) is 48.6 cm³/mol. The number of amides is 1. The van der Waals surface area contributed by atoms with Crippen LogP contribution in [0.4, 0.5) is 0 Å². The lowest BCUT2D eigenvalue weighted by Gasteiger charge is -2.26. The van der Waals surface area contributed by atoms with Crippen LogP contribution in [0, 0.1) is 5.92 Å². The van der Waals surface area contributed by atoms with Gasteiger partial charge in [0.25, 0.3) is 0 Å². The van der Waals surface area contributed by atoms with Crippen LogP contribution in [0.2, 0.25) is 0 Å². The molecule has 1 aliphatic carbocycles. The van der Waals surface area contributed by atoms with Crippen molar-refractivity contribution in [1.29, 1.82) is 0 Å². The molecule has 1 amide bonds. The fourth-order valence-electron chi connectivity index (χ4n) is 1.33. The number of aliphatic hydroxyl groups excluding tert-OH is 1. The Morgan fingerprint density at radius 3 is 2.29 bits per heavy atom. The lowest BCUT2D eigenvalue weighted by atomic mass is 9.84. The third-order valence-corrected chi connectivity index (χ3v) is 2.52. The van der Waals surface area contributed by atoms with Gasteiger partial charge in [-0.25, -0.2) is 4.79 Å².